The molecule has 1 fully saturated rings. The van der Waals surface area contributed by atoms with Gasteiger partial charge in [-0.25, -0.2) is 0 Å². The summed E-state index contributed by atoms with van der Waals surface area (Å²) in [5.74, 6) is 0. The van der Waals surface area contributed by atoms with Crippen LogP contribution in [0.1, 0.15) is 62.3 Å². The quantitative estimate of drug-likeness (QED) is 0.544. The summed E-state index contributed by atoms with van der Waals surface area (Å²) in [6.45, 7) is 18.2. The van der Waals surface area contributed by atoms with Gasteiger partial charge in [0.05, 0.1) is 0 Å². The first-order valence-electron chi connectivity index (χ1n) is 9.19. The van der Waals surface area contributed by atoms with E-state index in [0.29, 0.717) is 6.04 Å². The zero-order valence-electron chi connectivity index (χ0n) is 16.8. The summed E-state index contributed by atoms with van der Waals surface area (Å²) < 4.78 is 38.0. The summed E-state index contributed by atoms with van der Waals surface area (Å²) in [7, 11) is -8.75. The molecule has 1 atom stereocenters. The van der Waals surface area contributed by atoms with Gasteiger partial charge in [-0.15, -0.1) is 0 Å². The van der Waals surface area contributed by atoms with Gasteiger partial charge in [-0.2, -0.15) is 0 Å². The molecule has 0 bridgehead atoms. The molecule has 1 aliphatic heterocycles. The van der Waals surface area contributed by atoms with Crippen LogP contribution in [0.15, 0.2) is 0 Å². The lowest BCUT2D eigenvalue weighted by Gasteiger charge is -2.50. The van der Waals surface area contributed by atoms with E-state index in [2.05, 4.69) is 13.8 Å². The minimum absolute atomic E-state index is 0.0138. The van der Waals surface area contributed by atoms with Gasteiger partial charge < -0.3 is 25.6 Å². The van der Waals surface area contributed by atoms with Crippen molar-refractivity contribution in [3.8, 4) is 0 Å². The van der Waals surface area contributed by atoms with Gasteiger partial charge in [0, 0.05) is 24.4 Å². The highest BCUT2D eigenvalue weighted by molar-refractivity contribution is 6.89. The molecule has 0 aromatic heterocycles. The van der Waals surface area contributed by atoms with Crippen LogP contribution in [0.5, 0.6) is 0 Å². The molecule has 1 rings (SSSR count). The summed E-state index contributed by atoms with van der Waals surface area (Å²) in [6, 6.07) is 2.32. The molecule has 0 amide bonds. The third kappa shape index (κ3) is 5.71. The highest BCUT2D eigenvalue weighted by Gasteiger charge is 2.67. The predicted molar refractivity (Wildman–Crippen MR) is 101 cm³/mol. The van der Waals surface area contributed by atoms with Crippen LogP contribution in [0.2, 0.25) is 18.1 Å². The summed E-state index contributed by atoms with van der Waals surface area (Å²) >= 11 is 0. The van der Waals surface area contributed by atoms with E-state index in [1.54, 1.807) is 0 Å². The van der Waals surface area contributed by atoms with Crippen molar-refractivity contribution in [3.63, 3.8) is 0 Å². The molecule has 24 heavy (non-hydrogen) atoms. The monoisotopic (exact) mass is 396 g/mol. The Morgan fingerprint density at radius 1 is 0.625 bits per heavy atom. The van der Waals surface area contributed by atoms with Crippen molar-refractivity contribution in [1.82, 2.24) is 0 Å². The van der Waals surface area contributed by atoms with Crippen molar-refractivity contribution in [1.29, 1.82) is 0 Å². The first kappa shape index (κ1) is 22.5. The van der Waals surface area contributed by atoms with E-state index >= 15 is 0 Å². The average Bonchev–Trinajstić information content (AvgIpc) is 2.44. The number of rotatable bonds is 9. The Labute approximate surface area is 151 Å². The maximum atomic E-state index is 6.52. The van der Waals surface area contributed by atoms with Crippen LogP contribution >= 0.6 is 0 Å². The van der Waals surface area contributed by atoms with E-state index in [1.807, 2.05) is 48.5 Å². The summed E-state index contributed by atoms with van der Waals surface area (Å²) in [4.78, 5) is 0. The van der Waals surface area contributed by atoms with E-state index in [9.17, 15) is 0 Å². The van der Waals surface area contributed by atoms with E-state index in [4.69, 9.17) is 25.6 Å². The maximum Gasteiger partial charge on any atom is 0.663 e. The first-order valence-corrected chi connectivity index (χ1v) is 15.0. The molecule has 6 nitrogen and oxygen atoms in total. The second-order valence-corrected chi connectivity index (χ2v) is 16.4. The topological polar surface area (TPSA) is 55.4 Å². The number of hydrogen-bond donors (Lipinski definition) is 0. The van der Waals surface area contributed by atoms with Gasteiger partial charge in [-0.1, -0.05) is 20.8 Å². The van der Waals surface area contributed by atoms with Crippen LogP contribution in [-0.4, -0.2) is 44.7 Å². The minimum Gasteiger partial charge on any atom is -0.394 e. The zero-order valence-corrected chi connectivity index (χ0v) is 19.8. The van der Waals surface area contributed by atoms with E-state index in [0.717, 1.165) is 12.1 Å². The van der Waals surface area contributed by atoms with Crippen molar-refractivity contribution < 1.29 is 25.6 Å². The second-order valence-electron chi connectivity index (χ2n) is 6.96. The standard InChI is InChI=1S/C15H36O6Si3/c1-10-22(11-2)19-23(12-3,16-13(4)5)21-24(20-22,17-14(6)7)18-15(8)9/h13-15H,10-12H2,1-9H3. The van der Waals surface area contributed by atoms with Crippen LogP contribution in [0.3, 0.4) is 0 Å². The fourth-order valence-electron chi connectivity index (χ4n) is 2.64. The first-order chi connectivity index (χ1) is 11.1. The van der Waals surface area contributed by atoms with Crippen LogP contribution in [0.25, 0.3) is 0 Å². The van der Waals surface area contributed by atoms with Crippen LogP contribution in [0, 0.1) is 0 Å². The highest BCUT2D eigenvalue weighted by Crippen LogP contribution is 2.39. The zero-order chi connectivity index (χ0) is 18.6. The SMILES string of the molecule is CC[Si]1(CC)O[Si](CC)(OC(C)C)O[Si](OC(C)C)(OC(C)C)O1. The van der Waals surface area contributed by atoms with Gasteiger partial charge in [-0.3, -0.25) is 0 Å². The largest absolute Gasteiger partial charge is 0.663 e. The van der Waals surface area contributed by atoms with Gasteiger partial charge in [0.25, 0.3) is 0 Å². The molecule has 144 valence electrons. The lowest BCUT2D eigenvalue weighted by atomic mass is 10.5. The molecule has 0 N–H and O–H groups in total. The molecule has 0 aliphatic carbocycles. The Morgan fingerprint density at radius 3 is 1.42 bits per heavy atom. The van der Waals surface area contributed by atoms with Gasteiger partial charge in [0.15, 0.2) is 0 Å². The Bertz CT molecular complexity index is 379. The fraction of sp³-hybridized carbons (Fsp3) is 1.00. The molecule has 0 saturated carbocycles. The molecule has 9 heteroatoms. The molecule has 0 aromatic rings. The smallest absolute Gasteiger partial charge is 0.394 e. The van der Waals surface area contributed by atoms with Gasteiger partial charge >= 0.3 is 26.4 Å². The molecule has 0 spiro atoms. The Kier molecular flexibility index (Phi) is 8.30. The van der Waals surface area contributed by atoms with Crippen molar-refractivity contribution in [2.45, 2.75) is 98.8 Å². The molecule has 1 unspecified atom stereocenters. The molecular formula is C15H36O6Si3. The van der Waals surface area contributed by atoms with Gasteiger partial charge in [0.2, 0.25) is 0 Å². The Hall–Kier alpha value is 0.411. The summed E-state index contributed by atoms with van der Waals surface area (Å²) in [6.07, 6.45) is -0.104. The molecule has 1 saturated heterocycles. The lowest BCUT2D eigenvalue weighted by molar-refractivity contribution is -0.0509. The predicted octanol–water partition coefficient (Wildman–Crippen LogP) is 4.20. The van der Waals surface area contributed by atoms with Crippen molar-refractivity contribution in [2.75, 3.05) is 0 Å². The average molecular weight is 397 g/mol. The third-order valence-corrected chi connectivity index (χ3v) is 16.5. The van der Waals surface area contributed by atoms with Gasteiger partial charge in [0.1, 0.15) is 0 Å². The molecule has 0 aromatic carbocycles. The van der Waals surface area contributed by atoms with Gasteiger partial charge in [-0.05, 0) is 53.6 Å². The second kappa shape index (κ2) is 8.87. The summed E-state index contributed by atoms with van der Waals surface area (Å²) in [5.41, 5.74) is 0. The van der Waals surface area contributed by atoms with Crippen molar-refractivity contribution in [2.24, 2.45) is 0 Å². The lowest BCUT2D eigenvalue weighted by Crippen LogP contribution is -2.74. The maximum absolute atomic E-state index is 6.52. The summed E-state index contributed by atoms with van der Waals surface area (Å²) in [5, 5.41) is 0. The molecule has 0 radical (unpaired) electrons. The third-order valence-electron chi connectivity index (χ3n) is 3.62. The minimum atomic E-state index is -3.34. The van der Waals surface area contributed by atoms with Crippen molar-refractivity contribution >= 4 is 26.4 Å². The van der Waals surface area contributed by atoms with E-state index < -0.39 is 26.4 Å². The van der Waals surface area contributed by atoms with E-state index in [-0.39, 0.29) is 18.3 Å². The fourth-order valence-corrected chi connectivity index (χ4v) is 17.1. The van der Waals surface area contributed by atoms with Crippen LogP contribution in [-0.2, 0) is 25.6 Å². The number of hydrogen-bond acceptors (Lipinski definition) is 6. The molecule has 1 heterocycles. The Morgan fingerprint density at radius 2 is 1.08 bits per heavy atom. The Balaban J connectivity index is 3.33. The molecule has 1 aliphatic rings. The molecular weight excluding hydrogens is 360 g/mol. The van der Waals surface area contributed by atoms with Crippen molar-refractivity contribution in [3.05, 3.63) is 0 Å². The van der Waals surface area contributed by atoms with Crippen LogP contribution in [0.4, 0.5) is 0 Å². The normalized spacial score (nSPS) is 26.5. The highest BCUT2D eigenvalue weighted by atomic mass is 28.5. The van der Waals surface area contributed by atoms with E-state index in [1.165, 1.54) is 0 Å². The van der Waals surface area contributed by atoms with Crippen LogP contribution < -0.4 is 0 Å².